The zero-order valence-electron chi connectivity index (χ0n) is 9.16. The Morgan fingerprint density at radius 1 is 1.47 bits per heavy atom. The minimum Gasteiger partial charge on any atom is -0.459 e. The number of carbonyl (C=O) groups excluding carboxylic acids is 1. The van der Waals surface area contributed by atoms with E-state index in [4.69, 9.17) is 4.74 Å². The maximum atomic E-state index is 11.6. The summed E-state index contributed by atoms with van der Waals surface area (Å²) in [5.41, 5.74) is 0.891. The van der Waals surface area contributed by atoms with Crippen molar-refractivity contribution in [3.05, 3.63) is 41.1 Å². The van der Waals surface area contributed by atoms with E-state index in [-0.39, 0.29) is 12.3 Å². The minimum absolute atomic E-state index is 0.154. The number of esters is 1. The van der Waals surface area contributed by atoms with Crippen LogP contribution in [-0.4, -0.2) is 15.9 Å². The Morgan fingerprint density at radius 2 is 2.18 bits per heavy atom. The molecular weight excluding hydrogens is 224 g/mol. The third-order valence-electron chi connectivity index (χ3n) is 2.31. The highest BCUT2D eigenvalue weighted by Gasteiger charge is 2.15. The van der Waals surface area contributed by atoms with Crippen molar-refractivity contribution < 1.29 is 19.2 Å². The first-order chi connectivity index (χ1) is 8.09. The number of benzene rings is 1. The smallest absolute Gasteiger partial charge is 0.303 e. The molecule has 6 nitrogen and oxygen atoms in total. The van der Waals surface area contributed by atoms with Gasteiger partial charge >= 0.3 is 5.97 Å². The van der Waals surface area contributed by atoms with Gasteiger partial charge in [-0.25, -0.2) is 0 Å². The average Bonchev–Trinajstić information content (AvgIpc) is 2.32. The van der Waals surface area contributed by atoms with Crippen LogP contribution in [-0.2, 0) is 16.1 Å². The Hall–Kier alpha value is -2.37. The van der Waals surface area contributed by atoms with Gasteiger partial charge in [-0.05, 0) is 6.07 Å². The van der Waals surface area contributed by atoms with Crippen molar-refractivity contribution in [1.29, 1.82) is 0 Å². The number of nitrogens with zero attached hydrogens (tertiary/aromatic N) is 2. The van der Waals surface area contributed by atoms with Crippen LogP contribution in [0.2, 0.25) is 0 Å². The molecule has 0 unspecified atom stereocenters. The number of ether oxygens (including phenoxy) is 1. The van der Waals surface area contributed by atoms with Crippen LogP contribution in [0.15, 0.2) is 30.5 Å². The number of hydrogen-bond acceptors (Lipinski definition) is 4. The molecular formula is C11H11N2O4+. The zero-order valence-corrected chi connectivity index (χ0v) is 9.16. The molecule has 0 bridgehead atoms. The molecule has 0 spiro atoms. The first-order valence-corrected chi connectivity index (χ1v) is 4.98. The van der Waals surface area contributed by atoms with Gasteiger partial charge in [-0.15, -0.1) is 0 Å². The summed E-state index contributed by atoms with van der Waals surface area (Å²) in [4.78, 5) is 22.3. The van der Waals surface area contributed by atoms with E-state index in [2.05, 4.69) is 0 Å². The van der Waals surface area contributed by atoms with Crippen LogP contribution < -0.4 is 4.43 Å². The summed E-state index contributed by atoms with van der Waals surface area (Å²) >= 11 is 0. The van der Waals surface area contributed by atoms with E-state index >= 15 is 0 Å². The second kappa shape index (κ2) is 4.25. The fraction of sp³-hybridized carbons (Fsp3) is 0.182. The van der Waals surface area contributed by atoms with Gasteiger partial charge in [0.05, 0.1) is 4.43 Å². The third kappa shape index (κ3) is 2.10. The molecule has 17 heavy (non-hydrogen) atoms. The lowest BCUT2D eigenvalue weighted by atomic mass is 10.3. The number of rotatable bonds is 2. The van der Waals surface area contributed by atoms with Crippen molar-refractivity contribution in [3.63, 3.8) is 0 Å². The number of aromatic nitrogens is 2. The quantitative estimate of drug-likeness (QED) is 0.476. The lowest BCUT2D eigenvalue weighted by Crippen LogP contribution is -2.21. The number of para-hydroxylation sites is 2. The van der Waals surface area contributed by atoms with Crippen molar-refractivity contribution in [2.45, 2.75) is 13.5 Å². The Bertz CT molecular complexity index is 633. The van der Waals surface area contributed by atoms with Gasteiger partial charge in [-0.1, -0.05) is 12.1 Å². The van der Waals surface area contributed by atoms with Gasteiger partial charge in [0.25, 0.3) is 11.7 Å². The molecule has 1 N–H and O–H groups in total. The Balaban J connectivity index is 2.55. The highest BCUT2D eigenvalue weighted by Crippen LogP contribution is 2.10. The van der Waals surface area contributed by atoms with Crippen LogP contribution in [0.3, 0.4) is 0 Å². The standard InChI is InChI=1S/C11H11N2O4/c1-8(14)17-7-9-6-12(15)10-4-2-3-5-11(10)13(9)16/h2-6,16H,7H2,1H3/q+1. The van der Waals surface area contributed by atoms with Gasteiger partial charge in [0, 0.05) is 17.9 Å². The fourth-order valence-electron chi connectivity index (χ4n) is 1.52. The maximum absolute atomic E-state index is 11.6. The van der Waals surface area contributed by atoms with E-state index < -0.39 is 5.97 Å². The van der Waals surface area contributed by atoms with Crippen molar-refractivity contribution in [1.82, 2.24) is 4.73 Å². The summed E-state index contributed by atoms with van der Waals surface area (Å²) in [5.74, 6) is -0.476. The van der Waals surface area contributed by atoms with Gasteiger partial charge in [0.2, 0.25) is 0 Å². The van der Waals surface area contributed by atoms with E-state index in [1.54, 1.807) is 24.3 Å². The van der Waals surface area contributed by atoms with Crippen LogP contribution in [0.1, 0.15) is 12.6 Å². The van der Waals surface area contributed by atoms with E-state index in [0.29, 0.717) is 15.5 Å². The van der Waals surface area contributed by atoms with Gasteiger partial charge in [-0.3, -0.25) is 4.79 Å². The van der Waals surface area contributed by atoms with Gasteiger partial charge in [0.15, 0.2) is 11.2 Å². The number of hydrogen-bond donors (Lipinski definition) is 1. The monoisotopic (exact) mass is 235 g/mol. The van der Waals surface area contributed by atoms with Crippen LogP contribution in [0.25, 0.3) is 11.0 Å². The van der Waals surface area contributed by atoms with Crippen molar-refractivity contribution in [2.75, 3.05) is 0 Å². The number of fused-ring (bicyclic) bond motifs is 1. The molecule has 0 aliphatic rings. The third-order valence-corrected chi connectivity index (χ3v) is 2.31. The second-order valence-corrected chi connectivity index (χ2v) is 3.53. The predicted molar refractivity (Wildman–Crippen MR) is 58.0 cm³/mol. The van der Waals surface area contributed by atoms with Crippen molar-refractivity contribution in [2.24, 2.45) is 0 Å². The molecule has 2 rings (SSSR count). The Morgan fingerprint density at radius 3 is 2.88 bits per heavy atom. The first-order valence-electron chi connectivity index (χ1n) is 4.98. The Kier molecular flexibility index (Phi) is 2.78. The zero-order chi connectivity index (χ0) is 12.4. The van der Waals surface area contributed by atoms with Crippen molar-refractivity contribution in [3.8, 4) is 0 Å². The summed E-state index contributed by atoms with van der Waals surface area (Å²) in [6.07, 6.45) is 1.17. The molecule has 6 heteroatoms. The summed E-state index contributed by atoms with van der Waals surface area (Å²) in [6.45, 7) is 1.10. The molecule has 1 heterocycles. The van der Waals surface area contributed by atoms with Crippen LogP contribution >= 0.6 is 0 Å². The second-order valence-electron chi connectivity index (χ2n) is 3.53. The normalized spacial score (nSPS) is 10.4. The SMILES string of the molecule is CC(=O)OCc1c[n+](=O)c2ccccc2n1O. The summed E-state index contributed by atoms with van der Waals surface area (Å²) in [7, 11) is 0. The largest absolute Gasteiger partial charge is 0.459 e. The molecule has 2 aromatic rings. The molecule has 0 atom stereocenters. The van der Waals surface area contributed by atoms with Crippen molar-refractivity contribution >= 4 is 17.0 Å². The molecule has 0 amide bonds. The van der Waals surface area contributed by atoms with Gasteiger partial charge < -0.3 is 9.94 Å². The summed E-state index contributed by atoms with van der Waals surface area (Å²) in [5, 5.41) is 9.86. The van der Waals surface area contributed by atoms with Gasteiger partial charge in [-0.2, -0.15) is 4.73 Å². The molecule has 88 valence electrons. The average molecular weight is 235 g/mol. The number of carbonyl (C=O) groups is 1. The minimum atomic E-state index is -0.476. The molecule has 0 saturated carbocycles. The van der Waals surface area contributed by atoms with Crippen LogP contribution in [0.4, 0.5) is 0 Å². The van der Waals surface area contributed by atoms with E-state index in [1.165, 1.54) is 13.1 Å². The van der Waals surface area contributed by atoms with E-state index in [1.807, 2.05) is 0 Å². The molecule has 1 aromatic heterocycles. The maximum Gasteiger partial charge on any atom is 0.303 e. The van der Waals surface area contributed by atoms with E-state index in [0.717, 1.165) is 4.73 Å². The molecule has 0 radical (unpaired) electrons. The van der Waals surface area contributed by atoms with E-state index in [9.17, 15) is 14.9 Å². The lowest BCUT2D eigenvalue weighted by molar-refractivity contribution is -0.466. The molecule has 1 aromatic carbocycles. The first kappa shape index (κ1) is 11.1. The molecule has 0 fully saturated rings. The highest BCUT2D eigenvalue weighted by molar-refractivity contribution is 5.71. The summed E-state index contributed by atoms with van der Waals surface area (Å²) < 4.78 is 6.21. The molecule has 0 aliphatic heterocycles. The molecule has 0 aliphatic carbocycles. The topological polar surface area (TPSA) is 74.4 Å². The lowest BCUT2D eigenvalue weighted by Gasteiger charge is -2.05. The van der Waals surface area contributed by atoms with Crippen LogP contribution in [0.5, 0.6) is 0 Å². The fourth-order valence-corrected chi connectivity index (χ4v) is 1.52. The van der Waals surface area contributed by atoms with Gasteiger partial charge in [0.1, 0.15) is 6.61 Å². The van der Waals surface area contributed by atoms with Crippen LogP contribution in [0, 0.1) is 4.91 Å². The summed E-state index contributed by atoms with van der Waals surface area (Å²) in [6, 6.07) is 6.58. The Labute approximate surface area is 96.2 Å². The highest BCUT2D eigenvalue weighted by atomic mass is 16.5. The molecule has 0 saturated heterocycles. The predicted octanol–water partition coefficient (Wildman–Crippen LogP) is 0.856.